The summed E-state index contributed by atoms with van der Waals surface area (Å²) in [5.74, 6) is -1.08. The van der Waals surface area contributed by atoms with E-state index in [1.165, 1.54) is 0 Å². The Hall–Kier alpha value is -1.79. The minimum atomic E-state index is -1.95. The summed E-state index contributed by atoms with van der Waals surface area (Å²) in [6, 6.07) is 0. The highest BCUT2D eigenvalue weighted by molar-refractivity contribution is 5.77. The van der Waals surface area contributed by atoms with Gasteiger partial charge in [0, 0.05) is 6.42 Å². The fraction of sp³-hybridized carbons (Fsp3) is 0.940. The normalized spacial score (nSPS) is 54.1. The molecule has 9 rings (SSSR count). The molecule has 27 heteroatoms. The third-order valence-corrected chi connectivity index (χ3v) is 19.1. The van der Waals surface area contributed by atoms with Gasteiger partial charge in [-0.25, -0.2) is 0 Å². The monoisotopic (exact) mass is 1110 g/mol. The van der Waals surface area contributed by atoms with Crippen molar-refractivity contribution in [2.24, 2.45) is 28.1 Å². The van der Waals surface area contributed by atoms with Crippen LogP contribution in [0.1, 0.15) is 78.1 Å². The van der Waals surface area contributed by atoms with Gasteiger partial charge < -0.3 is 129 Å². The van der Waals surface area contributed by atoms with Crippen LogP contribution in [-0.2, 0) is 52.2 Å². The smallest absolute Gasteiger partial charge is 0.314 e. The quantitative estimate of drug-likeness (QED) is 0.0412. The molecule has 442 valence electrons. The first-order valence-electron chi connectivity index (χ1n) is 26.8. The van der Waals surface area contributed by atoms with Crippen LogP contribution in [0.25, 0.3) is 0 Å². The van der Waals surface area contributed by atoms with E-state index in [2.05, 4.69) is 13.5 Å². The molecule has 1 spiro atoms. The van der Waals surface area contributed by atoms with E-state index in [9.17, 15) is 86.5 Å². The highest BCUT2D eigenvalue weighted by Crippen LogP contribution is 2.74. The summed E-state index contributed by atoms with van der Waals surface area (Å²) >= 11 is 0. The molecular formula is C50H80O27. The maximum Gasteiger partial charge on any atom is 0.314 e. The molecule has 5 aliphatic heterocycles. The van der Waals surface area contributed by atoms with Gasteiger partial charge in [-0.2, -0.15) is 0 Å². The van der Waals surface area contributed by atoms with Crippen molar-refractivity contribution in [1.82, 2.24) is 0 Å². The molecule has 24 unspecified atom stereocenters. The Balaban J connectivity index is 0.964. The third kappa shape index (κ3) is 10.5. The van der Waals surface area contributed by atoms with Crippen LogP contribution in [0, 0.1) is 28.1 Å². The van der Waals surface area contributed by atoms with Crippen LogP contribution in [-0.4, -0.2) is 274 Å². The number of carbonyl (C=O) groups is 1. The zero-order valence-electron chi connectivity index (χ0n) is 43.0. The number of esters is 1. The van der Waals surface area contributed by atoms with Crippen molar-refractivity contribution < 1.29 is 134 Å². The molecule has 0 aromatic heterocycles. The van der Waals surface area contributed by atoms with Gasteiger partial charge in [-0.3, -0.25) is 4.79 Å². The second-order valence-corrected chi connectivity index (χ2v) is 23.5. The Bertz CT molecular complexity index is 2040. The molecule has 5 heterocycles. The molecule has 16 N–H and O–H groups in total. The van der Waals surface area contributed by atoms with Gasteiger partial charge in [-0.1, -0.05) is 19.9 Å². The van der Waals surface area contributed by atoms with Crippen LogP contribution in [0.3, 0.4) is 0 Å². The SMILES string of the molecule is C=C1C[C@@]23CCC4C(C)(C(=O)OC5OC(CO)C(O)[C@H](O)C5OC5OC(CO)[C@H](O)C(O)C5O)CCC[C@@]4(C)[C@@H]2CC[C@]1(OC1OC(CO)C(O)C(OC2OC(CO)C(O)CC2O)C1OC1OC(CO)C(O)C(O)C1O)C3. The van der Waals surface area contributed by atoms with Crippen LogP contribution in [0.4, 0.5) is 0 Å². The van der Waals surface area contributed by atoms with E-state index in [4.69, 9.17) is 47.4 Å². The Kier molecular flexibility index (Phi) is 17.9. The van der Waals surface area contributed by atoms with E-state index >= 15 is 0 Å². The van der Waals surface area contributed by atoms with Crippen LogP contribution >= 0.6 is 0 Å². The predicted octanol–water partition coefficient (Wildman–Crippen LogP) is -6.26. The summed E-state index contributed by atoms with van der Waals surface area (Å²) in [6.07, 6.45) is -35.8. The molecule has 0 amide bonds. The standard InChI is InChI=1S/C50H80O27/c1-19-12-49-9-5-27-47(2,7-4-8-48(27,3)46(67)76-44-39(35(64)31(60)25(16-54)71-44)74-42-36(65)33(62)29(58)23(14-52)69-42)28(49)6-10-50(19,18-49)77-45-40(75-43-37(66)34(63)30(59)24(15-53)70-43)38(32(61)26(17-55)72-45)73-41-21(57)11-20(56)22(13-51)68-41/h20-45,51-66H,1,4-18H2,2-3H3/t20?,21?,22?,23?,24?,25?,26?,27?,28-,29-,30?,31?,32?,33?,34?,35-,36?,37?,38?,39?,40?,41?,42?,43?,44?,45?,47+,48?,49+,50-/m0/s1. The lowest BCUT2D eigenvalue weighted by atomic mass is 9.41. The maximum absolute atomic E-state index is 14.9. The molecule has 9 fully saturated rings. The molecule has 9 aliphatic rings. The Morgan fingerprint density at radius 3 is 1.60 bits per heavy atom. The maximum atomic E-state index is 14.9. The van der Waals surface area contributed by atoms with Crippen molar-refractivity contribution in [2.45, 2.75) is 231 Å². The van der Waals surface area contributed by atoms with Crippen LogP contribution < -0.4 is 0 Å². The lowest BCUT2D eigenvalue weighted by Gasteiger charge is -2.64. The van der Waals surface area contributed by atoms with E-state index in [1.54, 1.807) is 6.92 Å². The van der Waals surface area contributed by atoms with Gasteiger partial charge in [0.15, 0.2) is 31.3 Å². The summed E-state index contributed by atoms with van der Waals surface area (Å²) in [7, 11) is 0. The molecule has 2 bridgehead atoms. The van der Waals surface area contributed by atoms with Crippen LogP contribution in [0.5, 0.6) is 0 Å². The number of hydrogen-bond acceptors (Lipinski definition) is 27. The summed E-state index contributed by atoms with van der Waals surface area (Å²) in [4.78, 5) is 14.9. The van der Waals surface area contributed by atoms with Gasteiger partial charge in [0.1, 0.15) is 104 Å². The first kappa shape index (κ1) is 59.8. The van der Waals surface area contributed by atoms with Crippen molar-refractivity contribution in [3.8, 4) is 0 Å². The Labute approximate surface area is 443 Å². The van der Waals surface area contributed by atoms with Crippen molar-refractivity contribution in [3.63, 3.8) is 0 Å². The zero-order valence-corrected chi connectivity index (χ0v) is 43.0. The largest absolute Gasteiger partial charge is 0.432 e. The molecule has 30 atom stereocenters. The molecule has 4 saturated carbocycles. The molecule has 0 radical (unpaired) electrons. The second-order valence-electron chi connectivity index (χ2n) is 23.5. The zero-order chi connectivity index (χ0) is 55.8. The predicted molar refractivity (Wildman–Crippen MR) is 250 cm³/mol. The first-order chi connectivity index (χ1) is 36.4. The van der Waals surface area contributed by atoms with E-state index in [0.29, 0.717) is 63.4 Å². The van der Waals surface area contributed by atoms with E-state index in [0.717, 1.165) is 0 Å². The summed E-state index contributed by atoms with van der Waals surface area (Å²) in [5.41, 5.74) is -2.66. The average molecular weight is 1110 g/mol. The van der Waals surface area contributed by atoms with Gasteiger partial charge in [0.05, 0.1) is 50.2 Å². The number of carbonyl (C=O) groups excluding carboxylic acids is 1. The van der Waals surface area contributed by atoms with Crippen molar-refractivity contribution >= 4 is 5.97 Å². The summed E-state index contributed by atoms with van der Waals surface area (Å²) in [5, 5.41) is 170. The Morgan fingerprint density at radius 1 is 0.519 bits per heavy atom. The number of aliphatic hydroxyl groups excluding tert-OH is 16. The van der Waals surface area contributed by atoms with Crippen LogP contribution in [0.15, 0.2) is 12.2 Å². The van der Waals surface area contributed by atoms with Gasteiger partial charge in [-0.15, -0.1) is 0 Å². The van der Waals surface area contributed by atoms with Crippen molar-refractivity contribution in [2.75, 3.05) is 33.0 Å². The number of aliphatic hydroxyl groups is 16. The van der Waals surface area contributed by atoms with Gasteiger partial charge in [0.2, 0.25) is 6.29 Å². The van der Waals surface area contributed by atoms with Gasteiger partial charge >= 0.3 is 5.97 Å². The highest BCUT2D eigenvalue weighted by atomic mass is 16.8. The lowest BCUT2D eigenvalue weighted by Crippen LogP contribution is -2.67. The number of ether oxygens (including phenoxy) is 10. The fourth-order valence-corrected chi connectivity index (χ4v) is 14.9. The van der Waals surface area contributed by atoms with E-state index < -0.39 is 208 Å². The molecule has 5 saturated heterocycles. The molecule has 4 aliphatic carbocycles. The second kappa shape index (κ2) is 23.1. The van der Waals surface area contributed by atoms with Gasteiger partial charge in [-0.05, 0) is 86.5 Å². The minimum Gasteiger partial charge on any atom is -0.432 e. The number of rotatable bonds is 15. The van der Waals surface area contributed by atoms with E-state index in [-0.39, 0.29) is 18.3 Å². The number of fused-ring (bicyclic) bond motifs is 3. The summed E-state index contributed by atoms with van der Waals surface area (Å²) < 4.78 is 60.6. The lowest BCUT2D eigenvalue weighted by molar-refractivity contribution is -0.396. The topological polar surface area (TPSA) is 433 Å². The van der Waals surface area contributed by atoms with Crippen LogP contribution in [0.2, 0.25) is 0 Å². The molecule has 77 heavy (non-hydrogen) atoms. The first-order valence-corrected chi connectivity index (χ1v) is 26.8. The third-order valence-electron chi connectivity index (χ3n) is 19.1. The molecule has 27 nitrogen and oxygen atoms in total. The van der Waals surface area contributed by atoms with Crippen molar-refractivity contribution in [1.29, 1.82) is 0 Å². The fourth-order valence-electron chi connectivity index (χ4n) is 14.9. The summed E-state index contributed by atoms with van der Waals surface area (Å²) in [6.45, 7) is 4.63. The average Bonchev–Trinajstić information content (AvgIpc) is 3.60. The van der Waals surface area contributed by atoms with E-state index in [1.807, 2.05) is 0 Å². The molecule has 0 aromatic carbocycles. The molecular weight excluding hydrogens is 1030 g/mol. The van der Waals surface area contributed by atoms with Crippen molar-refractivity contribution in [3.05, 3.63) is 12.2 Å². The minimum absolute atomic E-state index is 0.0441. The Morgan fingerprint density at radius 2 is 1.01 bits per heavy atom. The molecule has 0 aromatic rings. The van der Waals surface area contributed by atoms with Gasteiger partial charge in [0.25, 0.3) is 0 Å². The highest BCUT2D eigenvalue weighted by Gasteiger charge is 2.70. The number of hydrogen-bond donors (Lipinski definition) is 16.